The van der Waals surface area contributed by atoms with Gasteiger partial charge < -0.3 is 4.57 Å². The lowest BCUT2D eigenvalue weighted by atomic mass is 10.1. The Hall–Kier alpha value is -4.06. The normalized spacial score (nSPS) is 14.9. The summed E-state index contributed by atoms with van der Waals surface area (Å²) in [6, 6.07) is 24.5. The number of nitrogens with one attached hydrogen (secondary N) is 1. The quantitative estimate of drug-likeness (QED) is 0.220. The smallest absolute Gasteiger partial charge is 0.270 e. The Morgan fingerprint density at radius 1 is 1.00 bits per heavy atom. The number of hydrogen-bond donors (Lipinski definition) is 1. The topological polar surface area (TPSA) is 78.1 Å². The van der Waals surface area contributed by atoms with Crippen LogP contribution in [-0.4, -0.2) is 21.5 Å². The van der Waals surface area contributed by atoms with Crippen molar-refractivity contribution < 1.29 is 9.59 Å². The van der Waals surface area contributed by atoms with E-state index in [0.717, 1.165) is 26.5 Å². The van der Waals surface area contributed by atoms with Gasteiger partial charge in [0, 0.05) is 33.7 Å². The van der Waals surface area contributed by atoms with Crippen LogP contribution in [0.3, 0.4) is 0 Å². The summed E-state index contributed by atoms with van der Waals surface area (Å²) < 4.78 is 2.88. The number of nitriles is 1. The number of benzene rings is 3. The summed E-state index contributed by atoms with van der Waals surface area (Å²) in [5.41, 5.74) is 3.68. The van der Waals surface area contributed by atoms with Crippen LogP contribution in [-0.2, 0) is 16.1 Å². The molecule has 5 rings (SSSR count). The molecule has 0 spiro atoms. The Balaban J connectivity index is 1.58. The molecule has 1 N–H and O–H groups in total. The number of carbonyl (C=O) groups is 2. The first-order valence-electron chi connectivity index (χ1n) is 10.7. The molecular weight excluding hydrogens is 524 g/mol. The van der Waals surface area contributed by atoms with Crippen LogP contribution in [0.25, 0.3) is 17.0 Å². The van der Waals surface area contributed by atoms with E-state index in [0.29, 0.717) is 17.8 Å². The van der Waals surface area contributed by atoms with Crippen molar-refractivity contribution in [3.8, 4) is 6.07 Å². The minimum Gasteiger partial charge on any atom is -0.342 e. The Labute approximate surface area is 215 Å². The van der Waals surface area contributed by atoms with Crippen LogP contribution in [0.2, 0.25) is 0 Å². The van der Waals surface area contributed by atoms with Crippen molar-refractivity contribution in [3.63, 3.8) is 0 Å². The van der Waals surface area contributed by atoms with Crippen molar-refractivity contribution in [1.82, 2.24) is 9.88 Å². The number of thiocarbonyl (C=S) groups is 1. The average molecular weight is 541 g/mol. The second-order valence-corrected chi connectivity index (χ2v) is 9.24. The van der Waals surface area contributed by atoms with Gasteiger partial charge in [-0.05, 0) is 60.3 Å². The summed E-state index contributed by atoms with van der Waals surface area (Å²) >= 11 is 8.68. The molecule has 0 aliphatic carbocycles. The number of halogens is 1. The van der Waals surface area contributed by atoms with Gasteiger partial charge in [0.1, 0.15) is 5.57 Å². The third kappa shape index (κ3) is 4.28. The molecule has 6 nitrogen and oxygen atoms in total. The summed E-state index contributed by atoms with van der Waals surface area (Å²) in [4.78, 5) is 27.5. The van der Waals surface area contributed by atoms with Crippen LogP contribution in [0.15, 0.2) is 89.0 Å². The monoisotopic (exact) mass is 540 g/mol. The lowest BCUT2D eigenvalue weighted by molar-refractivity contribution is -0.122. The summed E-state index contributed by atoms with van der Waals surface area (Å²) in [6.45, 7) is 0.475. The van der Waals surface area contributed by atoms with Crippen LogP contribution in [0, 0.1) is 11.3 Å². The molecule has 0 radical (unpaired) electrons. The lowest BCUT2D eigenvalue weighted by Crippen LogP contribution is -2.54. The average Bonchev–Trinajstić information content (AvgIpc) is 3.20. The molecule has 0 saturated carbocycles. The minimum atomic E-state index is -0.542. The molecule has 2 amide bonds. The molecular formula is C27H17BrN4O2S. The van der Waals surface area contributed by atoms with Crippen LogP contribution in [0.5, 0.6) is 0 Å². The van der Waals surface area contributed by atoms with E-state index >= 15 is 0 Å². The van der Waals surface area contributed by atoms with E-state index in [2.05, 4.69) is 27.3 Å². The van der Waals surface area contributed by atoms with E-state index < -0.39 is 11.8 Å². The Morgan fingerprint density at radius 3 is 2.49 bits per heavy atom. The molecule has 0 bridgehead atoms. The van der Waals surface area contributed by atoms with Gasteiger partial charge in [0.2, 0.25) is 0 Å². The molecule has 1 aliphatic heterocycles. The third-order valence-electron chi connectivity index (χ3n) is 5.78. The standard InChI is InChI=1S/C27H17BrN4O2S/c28-20-9-11-21(12-10-20)32-26(34)23(25(33)30-27(32)35)13-19-16-31(24-8-4-3-7-22(19)24)15-18-6-2-1-5-17(18)14-29/h1-13,16H,15H2,(H,30,33,35)/b23-13+. The number of amides is 2. The Morgan fingerprint density at radius 2 is 1.71 bits per heavy atom. The van der Waals surface area contributed by atoms with Crippen molar-refractivity contribution in [2.24, 2.45) is 0 Å². The molecule has 1 aliphatic rings. The number of para-hydroxylation sites is 1. The van der Waals surface area contributed by atoms with Gasteiger partial charge in [-0.2, -0.15) is 5.26 Å². The molecule has 170 valence electrons. The van der Waals surface area contributed by atoms with E-state index in [1.54, 1.807) is 36.4 Å². The van der Waals surface area contributed by atoms with E-state index in [-0.39, 0.29) is 10.7 Å². The highest BCUT2D eigenvalue weighted by Crippen LogP contribution is 2.28. The summed E-state index contributed by atoms with van der Waals surface area (Å²) in [5, 5.41) is 13.0. The second-order valence-electron chi connectivity index (χ2n) is 7.93. The van der Waals surface area contributed by atoms with Gasteiger partial charge in [-0.1, -0.05) is 52.3 Å². The molecule has 2 heterocycles. The number of aromatic nitrogens is 1. The van der Waals surface area contributed by atoms with Gasteiger partial charge in [-0.25, -0.2) is 0 Å². The fraction of sp³-hybridized carbons (Fsp3) is 0.0370. The van der Waals surface area contributed by atoms with Crippen LogP contribution in [0.4, 0.5) is 5.69 Å². The highest BCUT2D eigenvalue weighted by molar-refractivity contribution is 9.10. The van der Waals surface area contributed by atoms with E-state index in [1.807, 2.05) is 53.2 Å². The van der Waals surface area contributed by atoms with Crippen LogP contribution < -0.4 is 10.2 Å². The van der Waals surface area contributed by atoms with E-state index in [4.69, 9.17) is 12.2 Å². The molecule has 1 aromatic heterocycles. The van der Waals surface area contributed by atoms with Crippen LogP contribution >= 0.6 is 28.1 Å². The fourth-order valence-corrected chi connectivity index (χ4v) is 4.65. The molecule has 0 atom stereocenters. The summed E-state index contributed by atoms with van der Waals surface area (Å²) in [7, 11) is 0. The number of nitrogens with zero attached hydrogens (tertiary/aromatic N) is 3. The molecule has 0 unspecified atom stereocenters. The molecule has 1 saturated heterocycles. The number of hydrogen-bond acceptors (Lipinski definition) is 4. The first kappa shape index (κ1) is 22.7. The summed E-state index contributed by atoms with van der Waals surface area (Å²) in [5.74, 6) is -1.03. The maximum absolute atomic E-state index is 13.4. The minimum absolute atomic E-state index is 0.0122. The highest BCUT2D eigenvalue weighted by Gasteiger charge is 2.34. The molecule has 3 aromatic carbocycles. The molecule has 4 aromatic rings. The number of rotatable bonds is 4. The molecule has 1 fully saturated rings. The number of carbonyl (C=O) groups excluding carboxylic acids is 2. The Bertz CT molecular complexity index is 1580. The third-order valence-corrected chi connectivity index (χ3v) is 6.60. The van der Waals surface area contributed by atoms with Gasteiger partial charge in [-0.15, -0.1) is 0 Å². The second kappa shape index (κ2) is 9.29. The SMILES string of the molecule is N#Cc1ccccc1Cn1cc(/C=C2\C(=O)NC(=S)N(c3ccc(Br)cc3)C2=O)c2ccccc21. The first-order valence-corrected chi connectivity index (χ1v) is 11.9. The first-order chi connectivity index (χ1) is 17.0. The van der Waals surface area contributed by atoms with Gasteiger partial charge >= 0.3 is 0 Å². The zero-order valence-corrected chi connectivity index (χ0v) is 20.6. The van der Waals surface area contributed by atoms with Crippen molar-refractivity contribution >= 4 is 67.7 Å². The lowest BCUT2D eigenvalue weighted by Gasteiger charge is -2.28. The highest BCUT2D eigenvalue weighted by atomic mass is 79.9. The molecule has 35 heavy (non-hydrogen) atoms. The van der Waals surface area contributed by atoms with Crippen molar-refractivity contribution in [3.05, 3.63) is 106 Å². The zero-order valence-electron chi connectivity index (χ0n) is 18.2. The predicted octanol–water partition coefficient (Wildman–Crippen LogP) is 5.16. The van der Waals surface area contributed by atoms with Gasteiger partial charge in [0.25, 0.3) is 11.8 Å². The Kier molecular flexibility index (Phi) is 6.03. The van der Waals surface area contributed by atoms with E-state index in [1.165, 1.54) is 4.90 Å². The molecule has 8 heteroatoms. The van der Waals surface area contributed by atoms with Crippen LogP contribution in [0.1, 0.15) is 16.7 Å². The summed E-state index contributed by atoms with van der Waals surface area (Å²) in [6.07, 6.45) is 3.49. The number of fused-ring (bicyclic) bond motifs is 1. The zero-order chi connectivity index (χ0) is 24.5. The van der Waals surface area contributed by atoms with Crippen molar-refractivity contribution in [2.75, 3.05) is 4.90 Å². The van der Waals surface area contributed by atoms with Gasteiger partial charge in [-0.3, -0.25) is 19.8 Å². The van der Waals surface area contributed by atoms with Gasteiger partial charge in [0.05, 0.1) is 17.3 Å². The largest absolute Gasteiger partial charge is 0.342 e. The predicted molar refractivity (Wildman–Crippen MR) is 143 cm³/mol. The van der Waals surface area contributed by atoms with Crippen molar-refractivity contribution in [2.45, 2.75) is 6.54 Å². The van der Waals surface area contributed by atoms with Gasteiger partial charge in [0.15, 0.2) is 5.11 Å². The van der Waals surface area contributed by atoms with Crippen molar-refractivity contribution in [1.29, 1.82) is 5.26 Å². The maximum Gasteiger partial charge on any atom is 0.270 e. The maximum atomic E-state index is 13.4. The number of anilines is 1. The fourth-order valence-electron chi connectivity index (χ4n) is 4.11. The van der Waals surface area contributed by atoms with E-state index in [9.17, 15) is 14.9 Å².